The van der Waals surface area contributed by atoms with Gasteiger partial charge in [0.1, 0.15) is 0 Å². The fourth-order valence-corrected chi connectivity index (χ4v) is 1.06. The quantitative estimate of drug-likeness (QED) is 0.705. The summed E-state index contributed by atoms with van der Waals surface area (Å²) in [4.78, 5) is 21.4. The average Bonchev–Trinajstić information content (AvgIpc) is 2.47. The van der Waals surface area contributed by atoms with Crippen LogP contribution < -0.4 is 10.6 Å². The van der Waals surface area contributed by atoms with E-state index < -0.39 is 24.9 Å². The molecule has 15 heavy (non-hydrogen) atoms. The number of ether oxygens (including phenoxy) is 1. The second-order valence-corrected chi connectivity index (χ2v) is 3.04. The summed E-state index contributed by atoms with van der Waals surface area (Å²) in [5.74, 6) is -0.254. The Balaban J connectivity index is 2.22. The van der Waals surface area contributed by atoms with Gasteiger partial charge in [0.15, 0.2) is 6.61 Å². The van der Waals surface area contributed by atoms with E-state index in [1.165, 1.54) is 0 Å². The first-order chi connectivity index (χ1) is 6.87. The molecular formula is C7H9F3N2O3. The van der Waals surface area contributed by atoms with Gasteiger partial charge in [0.2, 0.25) is 5.91 Å². The van der Waals surface area contributed by atoms with Crippen molar-refractivity contribution in [3.05, 3.63) is 0 Å². The number of alkyl halides is 3. The van der Waals surface area contributed by atoms with E-state index in [9.17, 15) is 22.8 Å². The maximum absolute atomic E-state index is 11.6. The molecule has 86 valence electrons. The van der Waals surface area contributed by atoms with Gasteiger partial charge in [0.25, 0.3) is 0 Å². The van der Waals surface area contributed by atoms with Crippen LogP contribution in [0.4, 0.5) is 18.0 Å². The van der Waals surface area contributed by atoms with Crippen LogP contribution in [0, 0.1) is 0 Å². The van der Waals surface area contributed by atoms with Crippen molar-refractivity contribution in [1.29, 1.82) is 0 Å². The summed E-state index contributed by atoms with van der Waals surface area (Å²) in [5.41, 5.74) is 0. The van der Waals surface area contributed by atoms with Crippen molar-refractivity contribution in [3.8, 4) is 0 Å². The maximum Gasteiger partial charge on any atom is 0.422 e. The van der Waals surface area contributed by atoms with Crippen molar-refractivity contribution >= 4 is 12.0 Å². The predicted molar refractivity (Wildman–Crippen MR) is 42.0 cm³/mol. The highest BCUT2D eigenvalue weighted by molar-refractivity contribution is 5.80. The Kier molecular flexibility index (Phi) is 3.38. The third-order valence-corrected chi connectivity index (χ3v) is 1.67. The zero-order chi connectivity index (χ0) is 11.5. The van der Waals surface area contributed by atoms with E-state index in [-0.39, 0.29) is 18.9 Å². The molecule has 1 unspecified atom stereocenters. The van der Waals surface area contributed by atoms with Gasteiger partial charge in [-0.1, -0.05) is 0 Å². The fourth-order valence-electron chi connectivity index (χ4n) is 1.06. The first-order valence-corrected chi connectivity index (χ1v) is 4.13. The highest BCUT2D eigenvalue weighted by Gasteiger charge is 2.30. The van der Waals surface area contributed by atoms with Crippen LogP contribution in [-0.2, 0) is 9.53 Å². The Labute approximate surface area is 83.0 Å². The first-order valence-electron chi connectivity index (χ1n) is 4.13. The lowest BCUT2D eigenvalue weighted by atomic mass is 10.3. The molecule has 1 aliphatic heterocycles. The van der Waals surface area contributed by atoms with Gasteiger partial charge >= 0.3 is 12.3 Å². The van der Waals surface area contributed by atoms with Crippen LogP contribution in [0.25, 0.3) is 0 Å². The Morgan fingerprint density at radius 3 is 2.73 bits per heavy atom. The number of hydrogen-bond donors (Lipinski definition) is 2. The lowest BCUT2D eigenvalue weighted by molar-refractivity contribution is -0.160. The molecule has 1 fully saturated rings. The van der Waals surface area contributed by atoms with E-state index in [0.29, 0.717) is 0 Å². The molecule has 0 spiro atoms. The lowest BCUT2D eigenvalue weighted by Gasteiger charge is -2.11. The molecule has 0 aromatic rings. The fraction of sp³-hybridized carbons (Fsp3) is 0.714. The van der Waals surface area contributed by atoms with Crippen molar-refractivity contribution in [3.63, 3.8) is 0 Å². The Bertz CT molecular complexity index is 267. The van der Waals surface area contributed by atoms with Gasteiger partial charge in [-0.15, -0.1) is 0 Å². The Morgan fingerprint density at radius 1 is 1.60 bits per heavy atom. The standard InChI is InChI=1S/C7H9F3N2O3/c8-7(9,10)3-15-6(14)12-4-1-5(13)11-2-4/h4H,1-3H2,(H,11,13)(H,12,14). The molecule has 2 amide bonds. The Hall–Kier alpha value is -1.47. The zero-order valence-corrected chi connectivity index (χ0v) is 7.56. The molecule has 8 heteroatoms. The van der Waals surface area contributed by atoms with E-state index in [2.05, 4.69) is 15.4 Å². The van der Waals surface area contributed by atoms with Crippen LogP contribution in [0.5, 0.6) is 0 Å². The van der Waals surface area contributed by atoms with Crippen molar-refractivity contribution in [1.82, 2.24) is 10.6 Å². The van der Waals surface area contributed by atoms with Crippen LogP contribution in [0.15, 0.2) is 0 Å². The third kappa shape index (κ3) is 4.52. The molecular weight excluding hydrogens is 217 g/mol. The summed E-state index contributed by atoms with van der Waals surface area (Å²) in [6, 6.07) is -0.502. The van der Waals surface area contributed by atoms with Crippen molar-refractivity contribution in [2.75, 3.05) is 13.2 Å². The number of carbonyl (C=O) groups excluding carboxylic acids is 2. The number of halogens is 3. The van der Waals surface area contributed by atoms with Gasteiger partial charge in [-0.25, -0.2) is 4.79 Å². The van der Waals surface area contributed by atoms with Crippen molar-refractivity contribution in [2.45, 2.75) is 18.6 Å². The molecule has 0 aromatic carbocycles. The SMILES string of the molecule is O=C1CC(NC(=O)OCC(F)(F)F)CN1. The molecule has 5 nitrogen and oxygen atoms in total. The first kappa shape index (κ1) is 11.6. The largest absolute Gasteiger partial charge is 0.440 e. The van der Waals surface area contributed by atoms with E-state index in [0.717, 1.165) is 0 Å². The zero-order valence-electron chi connectivity index (χ0n) is 7.56. The van der Waals surface area contributed by atoms with Gasteiger partial charge in [0, 0.05) is 13.0 Å². The average molecular weight is 226 g/mol. The summed E-state index contributed by atoms with van der Waals surface area (Å²) >= 11 is 0. The van der Waals surface area contributed by atoms with Crippen molar-refractivity contribution < 1.29 is 27.5 Å². The number of rotatable bonds is 2. The van der Waals surface area contributed by atoms with Crippen LogP contribution in [0.2, 0.25) is 0 Å². The summed E-state index contributed by atoms with van der Waals surface area (Å²) in [5, 5.41) is 4.55. The van der Waals surface area contributed by atoms with Crippen LogP contribution >= 0.6 is 0 Å². The second kappa shape index (κ2) is 4.37. The third-order valence-electron chi connectivity index (χ3n) is 1.67. The monoisotopic (exact) mass is 226 g/mol. The lowest BCUT2D eigenvalue weighted by Crippen LogP contribution is -2.38. The summed E-state index contributed by atoms with van der Waals surface area (Å²) in [6.07, 6.45) is -5.66. The van der Waals surface area contributed by atoms with Crippen LogP contribution in [-0.4, -0.2) is 37.4 Å². The molecule has 0 aromatic heterocycles. The van der Waals surface area contributed by atoms with Gasteiger partial charge in [-0.3, -0.25) is 4.79 Å². The molecule has 0 radical (unpaired) electrons. The number of nitrogens with one attached hydrogen (secondary N) is 2. The van der Waals surface area contributed by atoms with Gasteiger partial charge in [0.05, 0.1) is 6.04 Å². The van der Waals surface area contributed by atoms with Crippen LogP contribution in [0.1, 0.15) is 6.42 Å². The maximum atomic E-state index is 11.6. The molecule has 1 saturated heterocycles. The molecule has 2 N–H and O–H groups in total. The number of hydrogen-bond acceptors (Lipinski definition) is 3. The topological polar surface area (TPSA) is 67.4 Å². The van der Waals surface area contributed by atoms with Gasteiger partial charge < -0.3 is 15.4 Å². The van der Waals surface area contributed by atoms with Crippen LogP contribution in [0.3, 0.4) is 0 Å². The number of carbonyl (C=O) groups is 2. The minimum Gasteiger partial charge on any atom is -0.440 e. The van der Waals surface area contributed by atoms with E-state index >= 15 is 0 Å². The summed E-state index contributed by atoms with van der Waals surface area (Å²) in [6.45, 7) is -1.42. The van der Waals surface area contributed by atoms with E-state index in [1.807, 2.05) is 0 Å². The predicted octanol–water partition coefficient (Wildman–Crippen LogP) is 0.163. The van der Waals surface area contributed by atoms with E-state index in [1.54, 1.807) is 0 Å². The molecule has 0 aliphatic carbocycles. The minimum atomic E-state index is -4.54. The normalized spacial score (nSPS) is 21.0. The highest BCUT2D eigenvalue weighted by Crippen LogP contribution is 2.14. The smallest absolute Gasteiger partial charge is 0.422 e. The molecule has 1 aliphatic rings. The molecule has 1 rings (SSSR count). The van der Waals surface area contributed by atoms with E-state index in [4.69, 9.17) is 0 Å². The molecule has 1 atom stereocenters. The second-order valence-electron chi connectivity index (χ2n) is 3.04. The van der Waals surface area contributed by atoms with Gasteiger partial charge in [-0.05, 0) is 0 Å². The van der Waals surface area contributed by atoms with Crippen molar-refractivity contribution in [2.24, 2.45) is 0 Å². The summed E-state index contributed by atoms with van der Waals surface area (Å²) < 4.78 is 38.7. The number of amides is 2. The molecule has 0 bridgehead atoms. The summed E-state index contributed by atoms with van der Waals surface area (Å²) in [7, 11) is 0. The molecule has 1 heterocycles. The number of alkyl carbamates (subject to hydrolysis) is 1. The molecule has 0 saturated carbocycles. The highest BCUT2D eigenvalue weighted by atomic mass is 19.4. The minimum absolute atomic E-state index is 0.0567. The van der Waals surface area contributed by atoms with Gasteiger partial charge in [-0.2, -0.15) is 13.2 Å². The Morgan fingerprint density at radius 2 is 2.27 bits per heavy atom.